The second kappa shape index (κ2) is 16.1. The molecule has 47 heavy (non-hydrogen) atoms. The highest BCUT2D eigenvalue weighted by molar-refractivity contribution is 7.94. The average Bonchev–Trinajstić information content (AvgIpc) is 3.59. The van der Waals surface area contributed by atoms with Crippen molar-refractivity contribution in [3.8, 4) is 5.75 Å². The molecule has 4 atom stereocenters. The van der Waals surface area contributed by atoms with Gasteiger partial charge in [0.25, 0.3) is 15.9 Å². The number of carbonyl (C=O) groups is 1. The summed E-state index contributed by atoms with van der Waals surface area (Å²) in [6.45, 7) is 5.63. The predicted octanol–water partition coefficient (Wildman–Crippen LogP) is 5.32. The van der Waals surface area contributed by atoms with Crippen molar-refractivity contribution in [1.82, 2.24) is 9.21 Å². The largest absolute Gasteiger partial charge is 0.490 e. The number of thiophene rings is 1. The molecule has 1 aliphatic heterocycles. The Balaban J connectivity index is 1.67. The minimum atomic E-state index is -3.88. The minimum Gasteiger partial charge on any atom is -0.490 e. The number of aliphatic hydroxyl groups excluding tert-OH is 1. The number of likely N-dealkylation sites (N-methyl/N-ethyl adjacent to an activating group) is 1. The van der Waals surface area contributed by atoms with Crippen molar-refractivity contribution < 1.29 is 36.2 Å². The SMILES string of the molecule is C[C@@H]1CN([C@@H](C)CO)C(=O)c2cc(NS(=O)(=O)c3cccs3)ccc2O[C@@H](C)CCCCO[C@H]1CN(C)S(=O)(=O)c1ccc(Cl)cc1. The quantitative estimate of drug-likeness (QED) is 0.302. The number of nitrogens with zero attached hydrogens (tertiary/aromatic N) is 2. The highest BCUT2D eigenvalue weighted by Gasteiger charge is 2.32. The first-order chi connectivity index (χ1) is 22.2. The number of carbonyl (C=O) groups excluding carboxylic acids is 1. The number of aliphatic hydroxyl groups is 1. The van der Waals surface area contributed by atoms with Gasteiger partial charge in [-0.3, -0.25) is 9.52 Å². The molecule has 0 spiro atoms. The number of hydrogen-bond acceptors (Lipinski definition) is 9. The van der Waals surface area contributed by atoms with Crippen LogP contribution < -0.4 is 9.46 Å². The van der Waals surface area contributed by atoms with Gasteiger partial charge >= 0.3 is 0 Å². The van der Waals surface area contributed by atoms with Crippen LogP contribution in [0.4, 0.5) is 5.69 Å². The van der Waals surface area contributed by atoms with Gasteiger partial charge in [0.15, 0.2) is 0 Å². The topological polar surface area (TPSA) is 143 Å². The van der Waals surface area contributed by atoms with Gasteiger partial charge in [-0.1, -0.05) is 24.6 Å². The summed E-state index contributed by atoms with van der Waals surface area (Å²) in [5.41, 5.74) is 0.315. The lowest BCUT2D eigenvalue weighted by molar-refractivity contribution is -0.00833. The molecule has 0 saturated heterocycles. The van der Waals surface area contributed by atoms with E-state index < -0.39 is 38.1 Å². The third-order valence-electron chi connectivity index (χ3n) is 8.02. The van der Waals surface area contributed by atoms with Crippen molar-refractivity contribution in [2.24, 2.45) is 5.92 Å². The first-order valence-corrected chi connectivity index (χ1v) is 19.5. The van der Waals surface area contributed by atoms with Crippen LogP contribution in [0.15, 0.2) is 69.1 Å². The zero-order valence-corrected chi connectivity index (χ0v) is 30.0. The molecule has 0 fully saturated rings. The van der Waals surface area contributed by atoms with E-state index in [0.29, 0.717) is 30.2 Å². The van der Waals surface area contributed by atoms with Crippen LogP contribution in [0.25, 0.3) is 0 Å². The van der Waals surface area contributed by atoms with Crippen LogP contribution in [-0.4, -0.2) is 88.7 Å². The normalized spacial score (nSPS) is 21.0. The molecule has 3 aromatic rings. The highest BCUT2D eigenvalue weighted by Crippen LogP contribution is 2.30. The van der Waals surface area contributed by atoms with Gasteiger partial charge < -0.3 is 19.5 Å². The molecule has 2 aromatic carbocycles. The summed E-state index contributed by atoms with van der Waals surface area (Å²) < 4.78 is 69.2. The number of sulfonamides is 2. The third-order valence-corrected chi connectivity index (χ3v) is 12.9. The Kier molecular flexibility index (Phi) is 12.7. The summed E-state index contributed by atoms with van der Waals surface area (Å²) in [6, 6.07) is 13.0. The summed E-state index contributed by atoms with van der Waals surface area (Å²) in [6.07, 6.45) is 1.26. The van der Waals surface area contributed by atoms with E-state index in [2.05, 4.69) is 4.72 Å². The fourth-order valence-corrected chi connectivity index (χ4v) is 8.56. The van der Waals surface area contributed by atoms with Gasteiger partial charge in [-0.2, -0.15) is 4.31 Å². The molecule has 1 amide bonds. The molecule has 0 radical (unpaired) electrons. The van der Waals surface area contributed by atoms with Crippen LogP contribution in [0.3, 0.4) is 0 Å². The second-order valence-electron chi connectivity index (χ2n) is 11.8. The Labute approximate surface area is 286 Å². The number of ether oxygens (including phenoxy) is 2. The third kappa shape index (κ3) is 9.46. The first kappa shape index (κ1) is 37.1. The maximum atomic E-state index is 14.3. The molecule has 2 N–H and O–H groups in total. The van der Waals surface area contributed by atoms with E-state index in [-0.39, 0.29) is 52.1 Å². The molecule has 1 aromatic heterocycles. The van der Waals surface area contributed by atoms with Crippen LogP contribution in [-0.2, 0) is 24.8 Å². The number of amides is 1. The zero-order chi connectivity index (χ0) is 34.4. The number of halogens is 1. The summed E-state index contributed by atoms with van der Waals surface area (Å²) >= 11 is 7.04. The Morgan fingerprint density at radius 1 is 1.11 bits per heavy atom. The molecule has 0 saturated carbocycles. The molecule has 15 heteroatoms. The van der Waals surface area contributed by atoms with Crippen molar-refractivity contribution in [3.63, 3.8) is 0 Å². The van der Waals surface area contributed by atoms with E-state index in [1.54, 1.807) is 30.5 Å². The van der Waals surface area contributed by atoms with Crippen LogP contribution in [0.5, 0.6) is 5.75 Å². The second-order valence-corrected chi connectivity index (χ2v) is 17.1. The number of nitrogens with one attached hydrogen (secondary N) is 1. The summed E-state index contributed by atoms with van der Waals surface area (Å²) in [4.78, 5) is 15.9. The molecule has 1 aliphatic rings. The van der Waals surface area contributed by atoms with E-state index in [4.69, 9.17) is 21.1 Å². The van der Waals surface area contributed by atoms with E-state index in [1.807, 2.05) is 13.8 Å². The van der Waals surface area contributed by atoms with E-state index in [0.717, 1.165) is 17.8 Å². The Bertz CT molecular complexity index is 1700. The summed E-state index contributed by atoms with van der Waals surface area (Å²) in [5.74, 6) is -0.554. The minimum absolute atomic E-state index is 0.0202. The van der Waals surface area contributed by atoms with Gasteiger partial charge in [0.1, 0.15) is 9.96 Å². The van der Waals surface area contributed by atoms with Gasteiger partial charge in [-0.15, -0.1) is 11.3 Å². The molecule has 258 valence electrons. The van der Waals surface area contributed by atoms with Gasteiger partial charge in [-0.25, -0.2) is 16.8 Å². The lowest BCUT2D eigenvalue weighted by Crippen LogP contribution is -2.48. The molecular formula is C32H42ClN3O8S3. The number of hydrogen-bond donors (Lipinski definition) is 2. The molecule has 11 nitrogen and oxygen atoms in total. The monoisotopic (exact) mass is 727 g/mol. The lowest BCUT2D eigenvalue weighted by Gasteiger charge is -2.35. The van der Waals surface area contributed by atoms with Gasteiger partial charge in [0.2, 0.25) is 10.0 Å². The van der Waals surface area contributed by atoms with Gasteiger partial charge in [0, 0.05) is 43.4 Å². The number of anilines is 1. The smallest absolute Gasteiger partial charge is 0.271 e. The van der Waals surface area contributed by atoms with Crippen LogP contribution >= 0.6 is 22.9 Å². The Hall–Kier alpha value is -2.72. The van der Waals surface area contributed by atoms with Crippen LogP contribution in [0.1, 0.15) is 50.4 Å². The predicted molar refractivity (Wildman–Crippen MR) is 183 cm³/mol. The maximum absolute atomic E-state index is 14.3. The van der Waals surface area contributed by atoms with Crippen LogP contribution in [0.2, 0.25) is 5.02 Å². The maximum Gasteiger partial charge on any atom is 0.271 e. The fraction of sp³-hybridized carbons (Fsp3) is 0.469. The van der Waals surface area contributed by atoms with Gasteiger partial charge in [-0.05, 0) is 87.0 Å². The van der Waals surface area contributed by atoms with Gasteiger partial charge in [0.05, 0.1) is 35.3 Å². The van der Waals surface area contributed by atoms with Crippen molar-refractivity contribution >= 4 is 54.6 Å². The average molecular weight is 728 g/mol. The molecule has 0 aliphatic carbocycles. The van der Waals surface area contributed by atoms with Crippen molar-refractivity contribution in [3.05, 3.63) is 70.6 Å². The summed E-state index contributed by atoms with van der Waals surface area (Å²) in [7, 11) is -6.27. The van der Waals surface area contributed by atoms with Crippen molar-refractivity contribution in [1.29, 1.82) is 0 Å². The lowest BCUT2D eigenvalue weighted by atomic mass is 10.0. The molecule has 2 heterocycles. The van der Waals surface area contributed by atoms with Crippen molar-refractivity contribution in [2.75, 3.05) is 38.1 Å². The molecular weight excluding hydrogens is 686 g/mol. The standard InChI is InChI=1S/C32H42ClN3O8S3/c1-22-19-36(23(2)21-37)32(38)28-18-26(34-46(39,40)31-9-7-17-45-31)12-15-29(28)44-24(3)8-5-6-16-43-30(22)20-35(4)47(41,42)27-13-10-25(33)11-14-27/h7,9-15,17-18,22-24,30,34,37H,5-6,8,16,19-21H2,1-4H3/t22-,23+,24+,30+/m1/s1. The highest BCUT2D eigenvalue weighted by atomic mass is 35.5. The van der Waals surface area contributed by atoms with Crippen LogP contribution in [0, 0.1) is 5.92 Å². The zero-order valence-electron chi connectivity index (χ0n) is 26.8. The van der Waals surface area contributed by atoms with E-state index >= 15 is 0 Å². The number of rotatable bonds is 9. The fourth-order valence-electron chi connectivity index (χ4n) is 5.21. The van der Waals surface area contributed by atoms with E-state index in [1.165, 1.54) is 52.7 Å². The number of fused-ring (bicyclic) bond motifs is 1. The van der Waals surface area contributed by atoms with E-state index in [9.17, 15) is 26.7 Å². The summed E-state index contributed by atoms with van der Waals surface area (Å²) in [5, 5.41) is 12.3. The molecule has 0 bridgehead atoms. The molecule has 0 unspecified atom stereocenters. The first-order valence-electron chi connectivity index (χ1n) is 15.3. The molecule has 4 rings (SSSR count). The Morgan fingerprint density at radius 2 is 1.83 bits per heavy atom. The Morgan fingerprint density at radius 3 is 2.49 bits per heavy atom. The van der Waals surface area contributed by atoms with Crippen molar-refractivity contribution in [2.45, 2.75) is 67.4 Å². The number of benzene rings is 2.